The molecule has 0 radical (unpaired) electrons. The van der Waals surface area contributed by atoms with Crippen LogP contribution >= 0.6 is 0 Å². The molecular formula is C29H31F3N6O2. The zero-order valence-corrected chi connectivity index (χ0v) is 22.2. The van der Waals surface area contributed by atoms with E-state index in [9.17, 15) is 13.2 Å². The van der Waals surface area contributed by atoms with Crippen molar-refractivity contribution in [2.75, 3.05) is 44.0 Å². The van der Waals surface area contributed by atoms with E-state index in [4.69, 9.17) is 9.47 Å². The van der Waals surface area contributed by atoms with E-state index in [1.54, 1.807) is 31.5 Å². The number of hydrogen-bond donors (Lipinski definition) is 2. The summed E-state index contributed by atoms with van der Waals surface area (Å²) in [5.74, 6) is 2.04. The lowest BCUT2D eigenvalue weighted by molar-refractivity contribution is -0.136. The number of nitrogens with zero attached hydrogens (tertiary/aromatic N) is 4. The molecule has 0 amide bonds. The molecule has 1 saturated heterocycles. The van der Waals surface area contributed by atoms with E-state index in [-0.39, 0.29) is 5.52 Å². The molecule has 0 bridgehead atoms. The summed E-state index contributed by atoms with van der Waals surface area (Å²) < 4.78 is 51.4. The second kappa shape index (κ2) is 12.4. The van der Waals surface area contributed by atoms with Crippen LogP contribution in [0.25, 0.3) is 10.9 Å². The van der Waals surface area contributed by atoms with Crippen molar-refractivity contribution < 1.29 is 22.6 Å². The highest BCUT2D eigenvalue weighted by Gasteiger charge is 2.33. The van der Waals surface area contributed by atoms with Crippen molar-refractivity contribution in [2.45, 2.75) is 31.9 Å². The Balaban J connectivity index is 1.21. The zero-order valence-electron chi connectivity index (χ0n) is 22.2. The number of para-hydroxylation sites is 1. The van der Waals surface area contributed by atoms with Crippen molar-refractivity contribution in [1.29, 1.82) is 0 Å². The molecule has 2 N–H and O–H groups in total. The molecule has 2 aromatic heterocycles. The number of methoxy groups -OCH3 is 1. The number of anilines is 4. The summed E-state index contributed by atoms with van der Waals surface area (Å²) in [5, 5.41) is 6.60. The topological polar surface area (TPSA) is 84.4 Å². The largest absolute Gasteiger partial charge is 0.493 e. The van der Waals surface area contributed by atoms with Crippen LogP contribution in [0, 0.1) is 0 Å². The van der Waals surface area contributed by atoms with Gasteiger partial charge in [-0.3, -0.25) is 4.98 Å². The minimum atomic E-state index is -4.48. The summed E-state index contributed by atoms with van der Waals surface area (Å²) in [4.78, 5) is 15.3. The second-order valence-electron chi connectivity index (χ2n) is 9.58. The predicted octanol–water partition coefficient (Wildman–Crippen LogP) is 6.79. The molecule has 1 aliphatic heterocycles. The first-order valence-electron chi connectivity index (χ1n) is 13.3. The summed E-state index contributed by atoms with van der Waals surface area (Å²) >= 11 is 0. The Bertz CT molecular complexity index is 1440. The summed E-state index contributed by atoms with van der Waals surface area (Å²) in [6.07, 6.45) is 3.28. The van der Waals surface area contributed by atoms with Crippen molar-refractivity contribution in [1.82, 2.24) is 19.9 Å². The molecule has 5 rings (SSSR count). The van der Waals surface area contributed by atoms with Crippen LogP contribution in [-0.4, -0.2) is 53.2 Å². The van der Waals surface area contributed by atoms with Gasteiger partial charge >= 0.3 is 6.18 Å². The molecule has 8 nitrogen and oxygen atoms in total. The summed E-state index contributed by atoms with van der Waals surface area (Å²) in [7, 11) is 1.59. The molecule has 1 fully saturated rings. The Kier molecular flexibility index (Phi) is 8.49. The van der Waals surface area contributed by atoms with Gasteiger partial charge in [0.15, 0.2) is 11.5 Å². The fourth-order valence-corrected chi connectivity index (χ4v) is 4.74. The number of fused-ring (bicyclic) bond motifs is 1. The van der Waals surface area contributed by atoms with Crippen LogP contribution in [0.3, 0.4) is 0 Å². The van der Waals surface area contributed by atoms with Gasteiger partial charge in [-0.1, -0.05) is 18.6 Å². The number of aromatic nitrogens is 3. The number of halogens is 3. The molecule has 0 unspecified atom stereocenters. The van der Waals surface area contributed by atoms with Gasteiger partial charge in [0.1, 0.15) is 5.82 Å². The Morgan fingerprint density at radius 3 is 2.58 bits per heavy atom. The van der Waals surface area contributed by atoms with Crippen LogP contribution in [0.4, 0.5) is 36.3 Å². The number of hydrogen-bond acceptors (Lipinski definition) is 8. The van der Waals surface area contributed by atoms with E-state index in [0.29, 0.717) is 46.6 Å². The third-order valence-electron chi connectivity index (χ3n) is 6.69. The fraction of sp³-hybridized carbons (Fsp3) is 0.345. The highest BCUT2D eigenvalue weighted by molar-refractivity contribution is 5.85. The summed E-state index contributed by atoms with van der Waals surface area (Å²) in [6, 6.07) is 12.8. The second-order valence-corrected chi connectivity index (χ2v) is 9.58. The fourth-order valence-electron chi connectivity index (χ4n) is 4.74. The predicted molar refractivity (Wildman–Crippen MR) is 149 cm³/mol. The highest BCUT2D eigenvalue weighted by atomic mass is 19.4. The van der Waals surface area contributed by atoms with E-state index >= 15 is 0 Å². The van der Waals surface area contributed by atoms with Gasteiger partial charge in [-0.05, 0) is 62.7 Å². The lowest BCUT2D eigenvalue weighted by atomic mass is 10.1. The lowest BCUT2D eigenvalue weighted by Gasteiger charge is -2.26. The molecule has 2 aromatic carbocycles. The average molecular weight is 553 g/mol. The van der Waals surface area contributed by atoms with Gasteiger partial charge in [-0.25, -0.2) is 4.98 Å². The van der Waals surface area contributed by atoms with Crippen LogP contribution in [0.1, 0.15) is 31.2 Å². The highest BCUT2D eigenvalue weighted by Crippen LogP contribution is 2.35. The van der Waals surface area contributed by atoms with Crippen LogP contribution < -0.4 is 20.1 Å². The van der Waals surface area contributed by atoms with Crippen molar-refractivity contribution in [2.24, 2.45) is 0 Å². The Labute approximate surface area is 230 Å². The third-order valence-corrected chi connectivity index (χ3v) is 6.69. The number of ether oxygens (including phenoxy) is 2. The van der Waals surface area contributed by atoms with Crippen molar-refractivity contribution >= 4 is 34.0 Å². The molecule has 4 aromatic rings. The molecule has 0 aliphatic carbocycles. The SMILES string of the molecule is COc1cc(Nc2nccc(Nc3cnc4c(C(F)(F)F)cccc4c3)n2)ccc1OCCCN1CCCCC1. The first-order valence-corrected chi connectivity index (χ1v) is 13.3. The minimum absolute atomic E-state index is 0.103. The maximum absolute atomic E-state index is 13.3. The number of nitrogens with one attached hydrogen (secondary N) is 2. The third kappa shape index (κ3) is 6.90. The van der Waals surface area contributed by atoms with E-state index in [2.05, 4.69) is 30.5 Å². The molecule has 0 atom stereocenters. The normalized spacial score (nSPS) is 14.2. The number of pyridine rings is 1. The van der Waals surface area contributed by atoms with E-state index in [1.807, 2.05) is 18.2 Å². The van der Waals surface area contributed by atoms with Crippen LogP contribution in [0.5, 0.6) is 11.5 Å². The van der Waals surface area contributed by atoms with Crippen LogP contribution in [0.15, 0.2) is 60.9 Å². The summed E-state index contributed by atoms with van der Waals surface area (Å²) in [5.41, 5.74) is 0.338. The molecule has 210 valence electrons. The first kappa shape index (κ1) is 27.4. The molecule has 1 aliphatic rings. The Hall–Kier alpha value is -4.12. The maximum Gasteiger partial charge on any atom is 0.418 e. The van der Waals surface area contributed by atoms with Gasteiger partial charge in [0, 0.05) is 29.9 Å². The van der Waals surface area contributed by atoms with Crippen LogP contribution in [-0.2, 0) is 6.18 Å². The summed E-state index contributed by atoms with van der Waals surface area (Å²) in [6.45, 7) is 3.99. The number of alkyl halides is 3. The smallest absolute Gasteiger partial charge is 0.418 e. The standard InChI is InChI=1S/C29H31F3N6O2/c1-39-25-18-21(9-10-24(25)40-16-6-15-38-13-3-2-4-14-38)36-28-33-12-11-26(37-28)35-22-17-20-7-5-8-23(29(30,31)32)27(20)34-19-22/h5,7-12,17-19H,2-4,6,13-16H2,1H3,(H2,33,35,36,37). The van der Waals surface area contributed by atoms with Gasteiger partial charge < -0.3 is 25.0 Å². The monoisotopic (exact) mass is 552 g/mol. The first-order chi connectivity index (χ1) is 19.4. The molecular weight excluding hydrogens is 521 g/mol. The van der Waals surface area contributed by atoms with E-state index in [0.717, 1.165) is 19.0 Å². The van der Waals surface area contributed by atoms with Gasteiger partial charge in [-0.15, -0.1) is 0 Å². The van der Waals surface area contributed by atoms with Gasteiger partial charge in [0.2, 0.25) is 5.95 Å². The maximum atomic E-state index is 13.3. The van der Waals surface area contributed by atoms with Gasteiger partial charge in [0.05, 0.1) is 36.7 Å². The number of benzene rings is 2. The lowest BCUT2D eigenvalue weighted by Crippen LogP contribution is -2.31. The zero-order chi connectivity index (χ0) is 28.0. The number of piperidine rings is 1. The van der Waals surface area contributed by atoms with Crippen molar-refractivity contribution in [3.63, 3.8) is 0 Å². The van der Waals surface area contributed by atoms with Crippen molar-refractivity contribution in [3.8, 4) is 11.5 Å². The molecule has 40 heavy (non-hydrogen) atoms. The molecule has 0 spiro atoms. The Morgan fingerprint density at radius 2 is 1.77 bits per heavy atom. The molecule has 3 heterocycles. The average Bonchev–Trinajstić information content (AvgIpc) is 2.95. The van der Waals surface area contributed by atoms with Crippen LogP contribution in [0.2, 0.25) is 0 Å². The van der Waals surface area contributed by atoms with E-state index < -0.39 is 11.7 Å². The van der Waals surface area contributed by atoms with Gasteiger partial charge in [0.25, 0.3) is 0 Å². The van der Waals surface area contributed by atoms with E-state index in [1.165, 1.54) is 44.6 Å². The number of likely N-dealkylation sites (tertiary alicyclic amines) is 1. The number of rotatable bonds is 10. The van der Waals surface area contributed by atoms with Gasteiger partial charge in [-0.2, -0.15) is 18.2 Å². The molecule has 0 saturated carbocycles. The Morgan fingerprint density at radius 1 is 0.925 bits per heavy atom. The molecule has 11 heteroatoms. The van der Waals surface area contributed by atoms with Crippen molar-refractivity contribution in [3.05, 3.63) is 66.5 Å². The quantitative estimate of drug-likeness (QED) is 0.208. The minimum Gasteiger partial charge on any atom is -0.493 e.